The Hall–Kier alpha value is -0.540. The molecule has 100 valence electrons. The Morgan fingerprint density at radius 3 is 2.83 bits per heavy atom. The molecule has 0 aromatic heterocycles. The minimum Gasteiger partial charge on any atom is -0.398 e. The summed E-state index contributed by atoms with van der Waals surface area (Å²) in [5.41, 5.74) is 8.57. The van der Waals surface area contributed by atoms with Crippen molar-refractivity contribution in [2.45, 2.75) is 39.7 Å². The first-order valence-electron chi connectivity index (χ1n) is 6.73. The quantitative estimate of drug-likeness (QED) is 0.835. The highest BCUT2D eigenvalue weighted by atomic mass is 79.9. The van der Waals surface area contributed by atoms with Crippen molar-refractivity contribution in [2.75, 3.05) is 18.8 Å². The summed E-state index contributed by atoms with van der Waals surface area (Å²) in [6, 6.07) is 6.15. The van der Waals surface area contributed by atoms with E-state index in [4.69, 9.17) is 5.73 Å². The molecule has 0 amide bonds. The van der Waals surface area contributed by atoms with Crippen LogP contribution in [0, 0.1) is 5.41 Å². The lowest BCUT2D eigenvalue weighted by molar-refractivity contribution is 0.255. The molecule has 2 N–H and O–H groups in total. The van der Waals surface area contributed by atoms with Crippen molar-refractivity contribution in [1.29, 1.82) is 0 Å². The van der Waals surface area contributed by atoms with Crippen LogP contribution < -0.4 is 5.73 Å². The van der Waals surface area contributed by atoms with E-state index in [0.29, 0.717) is 5.41 Å². The first-order chi connectivity index (χ1) is 8.48. The summed E-state index contributed by atoms with van der Waals surface area (Å²) in [6.07, 6.45) is 3.92. The number of rotatable bonds is 2. The molecule has 0 spiro atoms. The molecule has 2 rings (SSSR count). The predicted octanol–water partition coefficient (Wildman–Crippen LogP) is 4.04. The van der Waals surface area contributed by atoms with Gasteiger partial charge in [0.2, 0.25) is 0 Å². The van der Waals surface area contributed by atoms with Crippen LogP contribution in [0.2, 0.25) is 0 Å². The monoisotopic (exact) mass is 310 g/mol. The van der Waals surface area contributed by atoms with Gasteiger partial charge in [0.25, 0.3) is 0 Å². The summed E-state index contributed by atoms with van der Waals surface area (Å²) < 4.78 is 1.06. The number of nitrogen functional groups attached to an aromatic ring is 1. The van der Waals surface area contributed by atoms with Crippen LogP contribution in [0.1, 0.15) is 38.7 Å². The van der Waals surface area contributed by atoms with Gasteiger partial charge in [0.15, 0.2) is 0 Å². The van der Waals surface area contributed by atoms with Crippen LogP contribution in [0.5, 0.6) is 0 Å². The lowest BCUT2D eigenvalue weighted by Crippen LogP contribution is -2.25. The molecule has 3 heteroatoms. The van der Waals surface area contributed by atoms with Crippen LogP contribution in [0.3, 0.4) is 0 Å². The highest BCUT2D eigenvalue weighted by Crippen LogP contribution is 2.31. The van der Waals surface area contributed by atoms with E-state index in [1.807, 2.05) is 12.1 Å². The number of halogens is 1. The molecule has 0 saturated carbocycles. The van der Waals surface area contributed by atoms with Crippen LogP contribution in [0.4, 0.5) is 5.69 Å². The van der Waals surface area contributed by atoms with Gasteiger partial charge in [-0.2, -0.15) is 0 Å². The molecule has 1 heterocycles. The second kappa shape index (κ2) is 5.62. The molecule has 2 nitrogen and oxygen atoms in total. The third-order valence-corrected chi connectivity index (χ3v) is 4.90. The molecule has 1 aromatic rings. The molecule has 1 saturated heterocycles. The number of nitrogens with zero attached hydrogens (tertiary/aromatic N) is 1. The Kier molecular flexibility index (Phi) is 4.33. The first-order valence-corrected chi connectivity index (χ1v) is 7.52. The van der Waals surface area contributed by atoms with E-state index >= 15 is 0 Å². The van der Waals surface area contributed by atoms with E-state index in [1.54, 1.807) is 0 Å². The zero-order chi connectivity index (χ0) is 13.2. The van der Waals surface area contributed by atoms with Gasteiger partial charge in [-0.15, -0.1) is 0 Å². The average molecular weight is 311 g/mol. The fourth-order valence-electron chi connectivity index (χ4n) is 2.60. The van der Waals surface area contributed by atoms with Gasteiger partial charge in [-0.1, -0.05) is 26.0 Å². The smallest absolute Gasteiger partial charge is 0.0461 e. The number of benzene rings is 1. The molecule has 1 aromatic carbocycles. The molecule has 0 bridgehead atoms. The van der Waals surface area contributed by atoms with Crippen LogP contribution in [0.15, 0.2) is 22.7 Å². The lowest BCUT2D eigenvalue weighted by Gasteiger charge is -2.23. The number of likely N-dealkylation sites (tertiary alicyclic amines) is 1. The van der Waals surface area contributed by atoms with Crippen molar-refractivity contribution in [2.24, 2.45) is 5.41 Å². The summed E-state index contributed by atoms with van der Waals surface area (Å²) in [4.78, 5) is 2.55. The highest BCUT2D eigenvalue weighted by Gasteiger charge is 2.23. The summed E-state index contributed by atoms with van der Waals surface area (Å²) in [5, 5.41) is 0. The molecule has 0 unspecified atom stereocenters. The lowest BCUT2D eigenvalue weighted by atomic mass is 9.85. The molecule has 0 radical (unpaired) electrons. The van der Waals surface area contributed by atoms with Gasteiger partial charge in [-0.25, -0.2) is 0 Å². The Morgan fingerprint density at radius 2 is 2.06 bits per heavy atom. The average Bonchev–Trinajstić information content (AvgIpc) is 2.47. The topological polar surface area (TPSA) is 29.3 Å². The normalized spacial score (nSPS) is 20.6. The van der Waals surface area contributed by atoms with E-state index in [0.717, 1.165) is 16.7 Å². The molecule has 1 aliphatic rings. The third kappa shape index (κ3) is 3.48. The van der Waals surface area contributed by atoms with Gasteiger partial charge in [-0.3, -0.25) is 4.90 Å². The molecule has 1 aliphatic heterocycles. The Balaban J connectivity index is 2.03. The molecule has 0 aliphatic carbocycles. The second-order valence-electron chi connectivity index (χ2n) is 6.11. The van der Waals surface area contributed by atoms with E-state index in [-0.39, 0.29) is 0 Å². The van der Waals surface area contributed by atoms with Gasteiger partial charge in [0, 0.05) is 16.7 Å². The Bertz CT molecular complexity index is 415. The molecular weight excluding hydrogens is 288 g/mol. The highest BCUT2D eigenvalue weighted by molar-refractivity contribution is 9.10. The standard InChI is InChI=1S/C15H23BrN2/c1-15(2)7-4-9-18(10-8-15)11-12-5-3-6-13(17)14(12)16/h3,5-6H,4,7-11,17H2,1-2H3. The Morgan fingerprint density at radius 1 is 1.28 bits per heavy atom. The minimum atomic E-state index is 0.502. The van der Waals surface area contributed by atoms with Crippen molar-refractivity contribution in [1.82, 2.24) is 4.90 Å². The van der Waals surface area contributed by atoms with Crippen molar-refractivity contribution in [3.8, 4) is 0 Å². The van der Waals surface area contributed by atoms with E-state index in [9.17, 15) is 0 Å². The van der Waals surface area contributed by atoms with Crippen molar-refractivity contribution >= 4 is 21.6 Å². The van der Waals surface area contributed by atoms with Gasteiger partial charge >= 0.3 is 0 Å². The number of hydrogen-bond acceptors (Lipinski definition) is 2. The molecular formula is C15H23BrN2. The number of nitrogens with two attached hydrogens (primary N) is 1. The number of anilines is 1. The van der Waals surface area contributed by atoms with Crippen LogP contribution in [-0.4, -0.2) is 18.0 Å². The van der Waals surface area contributed by atoms with Gasteiger partial charge in [-0.05, 0) is 65.3 Å². The molecule has 1 fully saturated rings. The van der Waals surface area contributed by atoms with Gasteiger partial charge < -0.3 is 5.73 Å². The fraction of sp³-hybridized carbons (Fsp3) is 0.600. The molecule has 0 atom stereocenters. The maximum atomic E-state index is 5.93. The van der Waals surface area contributed by atoms with Crippen molar-refractivity contribution < 1.29 is 0 Å². The van der Waals surface area contributed by atoms with E-state index < -0.39 is 0 Å². The predicted molar refractivity (Wildman–Crippen MR) is 81.5 cm³/mol. The summed E-state index contributed by atoms with van der Waals surface area (Å²) >= 11 is 3.60. The summed E-state index contributed by atoms with van der Waals surface area (Å²) in [5.74, 6) is 0. The van der Waals surface area contributed by atoms with Gasteiger partial charge in [0.05, 0.1) is 0 Å². The number of hydrogen-bond donors (Lipinski definition) is 1. The Labute approximate surface area is 119 Å². The van der Waals surface area contributed by atoms with Gasteiger partial charge in [0.1, 0.15) is 0 Å². The van der Waals surface area contributed by atoms with Crippen LogP contribution in [-0.2, 0) is 6.54 Å². The first kappa shape index (κ1) is 13.9. The van der Waals surface area contributed by atoms with E-state index in [2.05, 4.69) is 40.7 Å². The van der Waals surface area contributed by atoms with Crippen molar-refractivity contribution in [3.63, 3.8) is 0 Å². The van der Waals surface area contributed by atoms with Crippen LogP contribution >= 0.6 is 15.9 Å². The maximum absolute atomic E-state index is 5.93. The fourth-order valence-corrected chi connectivity index (χ4v) is 2.99. The maximum Gasteiger partial charge on any atom is 0.0461 e. The largest absolute Gasteiger partial charge is 0.398 e. The zero-order valence-electron chi connectivity index (χ0n) is 11.4. The summed E-state index contributed by atoms with van der Waals surface area (Å²) in [6.45, 7) is 8.15. The third-order valence-electron chi connectivity index (χ3n) is 3.94. The second-order valence-corrected chi connectivity index (χ2v) is 6.91. The summed E-state index contributed by atoms with van der Waals surface area (Å²) in [7, 11) is 0. The van der Waals surface area contributed by atoms with Crippen LogP contribution in [0.25, 0.3) is 0 Å². The molecule has 18 heavy (non-hydrogen) atoms. The zero-order valence-corrected chi connectivity index (χ0v) is 13.0. The SMILES string of the molecule is CC1(C)CCCN(Cc2cccc(N)c2Br)CC1. The van der Waals surface area contributed by atoms with Crippen molar-refractivity contribution in [3.05, 3.63) is 28.2 Å². The minimum absolute atomic E-state index is 0.502. The van der Waals surface area contributed by atoms with E-state index in [1.165, 1.54) is 37.9 Å².